The number of nitrogens with two attached hydrogens (primary N) is 1. The lowest BCUT2D eigenvalue weighted by molar-refractivity contribution is 0.317. The number of aryl methyl sites for hydroxylation is 1. The standard InChI is InChI=1S/C21H29NO2/c1-4-12-24-19-9-7-17(8-10-19)14-18(15-22)20-13-16(3)6-11-21(20)23-5-2/h6-11,13,18H,4-5,12,14-15,22H2,1-3H3. The van der Waals surface area contributed by atoms with Crippen LogP contribution >= 0.6 is 0 Å². The third kappa shape index (κ3) is 5.00. The Bertz CT molecular complexity index is 622. The summed E-state index contributed by atoms with van der Waals surface area (Å²) in [6.45, 7) is 8.24. The van der Waals surface area contributed by atoms with Crippen LogP contribution in [0.25, 0.3) is 0 Å². The summed E-state index contributed by atoms with van der Waals surface area (Å²) in [5.41, 5.74) is 9.78. The van der Waals surface area contributed by atoms with E-state index in [1.165, 1.54) is 16.7 Å². The minimum atomic E-state index is 0.244. The summed E-state index contributed by atoms with van der Waals surface area (Å²) in [4.78, 5) is 0. The SMILES string of the molecule is CCCOc1ccc(CC(CN)c2cc(C)ccc2OCC)cc1. The Morgan fingerprint density at radius 1 is 1.00 bits per heavy atom. The fraction of sp³-hybridized carbons (Fsp3) is 0.429. The molecule has 0 aliphatic carbocycles. The summed E-state index contributed by atoms with van der Waals surface area (Å²) in [5.74, 6) is 2.12. The molecule has 0 spiro atoms. The van der Waals surface area contributed by atoms with Crippen molar-refractivity contribution in [2.24, 2.45) is 5.73 Å². The highest BCUT2D eigenvalue weighted by molar-refractivity contribution is 5.41. The van der Waals surface area contributed by atoms with E-state index in [2.05, 4.69) is 44.2 Å². The number of benzene rings is 2. The van der Waals surface area contributed by atoms with Gasteiger partial charge in [-0.1, -0.05) is 36.8 Å². The van der Waals surface area contributed by atoms with Crippen LogP contribution in [0.15, 0.2) is 42.5 Å². The van der Waals surface area contributed by atoms with Gasteiger partial charge in [-0.2, -0.15) is 0 Å². The van der Waals surface area contributed by atoms with E-state index in [0.717, 1.165) is 30.9 Å². The number of hydrogen-bond acceptors (Lipinski definition) is 3. The lowest BCUT2D eigenvalue weighted by Crippen LogP contribution is -2.16. The summed E-state index contributed by atoms with van der Waals surface area (Å²) in [5, 5.41) is 0. The van der Waals surface area contributed by atoms with Crippen molar-refractivity contribution in [1.29, 1.82) is 0 Å². The lowest BCUT2D eigenvalue weighted by Gasteiger charge is -2.20. The molecule has 130 valence electrons. The van der Waals surface area contributed by atoms with Crippen LogP contribution in [-0.2, 0) is 6.42 Å². The Morgan fingerprint density at radius 3 is 2.38 bits per heavy atom. The molecule has 2 aromatic rings. The van der Waals surface area contributed by atoms with Crippen LogP contribution in [0.2, 0.25) is 0 Å². The molecule has 2 rings (SSSR count). The van der Waals surface area contributed by atoms with Gasteiger partial charge in [-0.3, -0.25) is 0 Å². The number of hydrogen-bond donors (Lipinski definition) is 1. The molecule has 0 saturated carbocycles. The molecule has 2 N–H and O–H groups in total. The Kier molecular flexibility index (Phi) is 7.13. The molecule has 0 saturated heterocycles. The van der Waals surface area contributed by atoms with Crippen molar-refractivity contribution in [2.75, 3.05) is 19.8 Å². The molecule has 0 radical (unpaired) electrons. The predicted octanol–water partition coefficient (Wildman–Crippen LogP) is 4.47. The molecule has 0 aliphatic heterocycles. The van der Waals surface area contributed by atoms with Crippen molar-refractivity contribution in [3.8, 4) is 11.5 Å². The molecular weight excluding hydrogens is 298 g/mol. The van der Waals surface area contributed by atoms with Crippen LogP contribution in [0, 0.1) is 6.92 Å². The number of rotatable bonds is 9. The van der Waals surface area contributed by atoms with Crippen LogP contribution in [-0.4, -0.2) is 19.8 Å². The quantitative estimate of drug-likeness (QED) is 0.739. The minimum Gasteiger partial charge on any atom is -0.494 e. The molecule has 0 aliphatic rings. The summed E-state index contributed by atoms with van der Waals surface area (Å²) < 4.78 is 11.4. The Morgan fingerprint density at radius 2 is 1.75 bits per heavy atom. The minimum absolute atomic E-state index is 0.244. The predicted molar refractivity (Wildman–Crippen MR) is 100 cm³/mol. The molecule has 0 amide bonds. The van der Waals surface area contributed by atoms with Gasteiger partial charge in [-0.25, -0.2) is 0 Å². The van der Waals surface area contributed by atoms with Gasteiger partial charge in [0.1, 0.15) is 11.5 Å². The van der Waals surface area contributed by atoms with Crippen LogP contribution in [0.1, 0.15) is 42.9 Å². The number of ether oxygens (including phenoxy) is 2. The van der Waals surface area contributed by atoms with E-state index in [-0.39, 0.29) is 5.92 Å². The van der Waals surface area contributed by atoms with E-state index in [4.69, 9.17) is 15.2 Å². The van der Waals surface area contributed by atoms with Gasteiger partial charge < -0.3 is 15.2 Å². The zero-order valence-corrected chi connectivity index (χ0v) is 15.0. The third-order valence-corrected chi connectivity index (χ3v) is 4.07. The van der Waals surface area contributed by atoms with Crippen LogP contribution in [0.4, 0.5) is 0 Å². The van der Waals surface area contributed by atoms with Gasteiger partial charge in [0.2, 0.25) is 0 Å². The molecule has 24 heavy (non-hydrogen) atoms. The van der Waals surface area contributed by atoms with Gasteiger partial charge in [0, 0.05) is 5.92 Å². The van der Waals surface area contributed by atoms with Crippen molar-refractivity contribution in [1.82, 2.24) is 0 Å². The van der Waals surface area contributed by atoms with E-state index in [9.17, 15) is 0 Å². The Hall–Kier alpha value is -2.00. The second-order valence-corrected chi connectivity index (χ2v) is 6.10. The normalized spacial score (nSPS) is 12.0. The molecule has 3 heteroatoms. The van der Waals surface area contributed by atoms with Crippen molar-refractivity contribution >= 4 is 0 Å². The van der Waals surface area contributed by atoms with Gasteiger partial charge in [0.05, 0.1) is 13.2 Å². The van der Waals surface area contributed by atoms with Crippen molar-refractivity contribution in [3.05, 3.63) is 59.2 Å². The maximum absolute atomic E-state index is 6.08. The highest BCUT2D eigenvalue weighted by Crippen LogP contribution is 2.30. The van der Waals surface area contributed by atoms with E-state index in [0.29, 0.717) is 13.2 Å². The second-order valence-electron chi connectivity index (χ2n) is 6.10. The first-order valence-corrected chi connectivity index (χ1v) is 8.83. The molecule has 2 aromatic carbocycles. The maximum atomic E-state index is 6.08. The zero-order valence-electron chi connectivity index (χ0n) is 15.0. The monoisotopic (exact) mass is 327 g/mol. The largest absolute Gasteiger partial charge is 0.494 e. The van der Waals surface area contributed by atoms with Gasteiger partial charge in [0.15, 0.2) is 0 Å². The van der Waals surface area contributed by atoms with Crippen molar-refractivity contribution in [3.63, 3.8) is 0 Å². The highest BCUT2D eigenvalue weighted by atomic mass is 16.5. The zero-order chi connectivity index (χ0) is 17.4. The highest BCUT2D eigenvalue weighted by Gasteiger charge is 2.16. The van der Waals surface area contributed by atoms with Gasteiger partial charge >= 0.3 is 0 Å². The van der Waals surface area contributed by atoms with Crippen LogP contribution < -0.4 is 15.2 Å². The fourth-order valence-electron chi connectivity index (χ4n) is 2.82. The van der Waals surface area contributed by atoms with Crippen LogP contribution in [0.3, 0.4) is 0 Å². The molecule has 0 aromatic heterocycles. The Balaban J connectivity index is 2.15. The fourth-order valence-corrected chi connectivity index (χ4v) is 2.82. The first-order valence-electron chi connectivity index (χ1n) is 8.83. The maximum Gasteiger partial charge on any atom is 0.122 e. The van der Waals surface area contributed by atoms with Gasteiger partial charge in [0.25, 0.3) is 0 Å². The summed E-state index contributed by atoms with van der Waals surface area (Å²) in [6, 6.07) is 14.7. The van der Waals surface area contributed by atoms with Gasteiger partial charge in [-0.05, 0) is 62.6 Å². The third-order valence-electron chi connectivity index (χ3n) is 4.07. The molecular formula is C21H29NO2. The summed E-state index contributed by atoms with van der Waals surface area (Å²) in [6.07, 6.45) is 1.92. The van der Waals surface area contributed by atoms with E-state index >= 15 is 0 Å². The van der Waals surface area contributed by atoms with Crippen molar-refractivity contribution in [2.45, 2.75) is 39.5 Å². The average molecular weight is 327 g/mol. The van der Waals surface area contributed by atoms with Crippen molar-refractivity contribution < 1.29 is 9.47 Å². The lowest BCUT2D eigenvalue weighted by atomic mass is 9.90. The summed E-state index contributed by atoms with van der Waals surface area (Å²) in [7, 11) is 0. The average Bonchev–Trinajstić information content (AvgIpc) is 2.60. The molecule has 1 atom stereocenters. The molecule has 0 fully saturated rings. The topological polar surface area (TPSA) is 44.5 Å². The Labute approximate surface area is 145 Å². The first-order chi connectivity index (χ1) is 11.7. The first kappa shape index (κ1) is 18.3. The molecule has 1 unspecified atom stereocenters. The molecule has 0 bridgehead atoms. The molecule has 3 nitrogen and oxygen atoms in total. The van der Waals surface area contributed by atoms with Gasteiger partial charge in [-0.15, -0.1) is 0 Å². The van der Waals surface area contributed by atoms with E-state index in [1.807, 2.05) is 19.1 Å². The van der Waals surface area contributed by atoms with Crippen LogP contribution in [0.5, 0.6) is 11.5 Å². The summed E-state index contributed by atoms with van der Waals surface area (Å²) >= 11 is 0. The molecule has 0 heterocycles. The van der Waals surface area contributed by atoms with E-state index < -0.39 is 0 Å². The second kappa shape index (κ2) is 9.33. The smallest absolute Gasteiger partial charge is 0.122 e. The van der Waals surface area contributed by atoms with E-state index in [1.54, 1.807) is 0 Å².